The molecule has 184 valence electrons. The molecule has 5 nitrogen and oxygen atoms in total. The minimum absolute atomic E-state index is 0.0732. The number of amides is 1. The van der Waals surface area contributed by atoms with Crippen molar-refractivity contribution in [1.29, 1.82) is 0 Å². The number of rotatable bonds is 4. The molecule has 1 saturated carbocycles. The van der Waals surface area contributed by atoms with E-state index in [-0.39, 0.29) is 28.3 Å². The van der Waals surface area contributed by atoms with E-state index in [4.69, 9.17) is 4.74 Å². The summed E-state index contributed by atoms with van der Waals surface area (Å²) < 4.78 is 74.7. The molecule has 5 rings (SSSR count). The van der Waals surface area contributed by atoms with Crippen molar-refractivity contribution in [2.75, 3.05) is 20.2 Å². The highest BCUT2D eigenvalue weighted by molar-refractivity contribution is 5.97. The second-order valence-corrected chi connectivity index (χ2v) is 9.38. The highest BCUT2D eigenvalue weighted by atomic mass is 19.4. The number of nitrogens with zero attached hydrogens (tertiary/aromatic N) is 3. The first kappa shape index (κ1) is 23.3. The molecule has 3 aromatic rings. The Kier molecular flexibility index (Phi) is 5.37. The molecular weight excluding hydrogens is 469 g/mol. The van der Waals surface area contributed by atoms with Gasteiger partial charge < -0.3 is 9.64 Å². The van der Waals surface area contributed by atoms with Gasteiger partial charge in [-0.3, -0.25) is 9.48 Å². The molecule has 1 aromatic heterocycles. The largest absolute Gasteiger partial charge is 0.496 e. The van der Waals surface area contributed by atoms with Crippen molar-refractivity contribution in [1.82, 2.24) is 14.7 Å². The Morgan fingerprint density at radius 1 is 1.06 bits per heavy atom. The van der Waals surface area contributed by atoms with Crippen LogP contribution in [0.1, 0.15) is 40.5 Å². The number of likely N-dealkylation sites (tertiary alicyclic amines) is 1. The first-order chi connectivity index (χ1) is 16.5. The first-order valence-corrected chi connectivity index (χ1v) is 11.1. The van der Waals surface area contributed by atoms with E-state index >= 15 is 0 Å². The molecule has 1 spiro atoms. The number of carbonyl (C=O) groups excluding carboxylic acids is 1. The van der Waals surface area contributed by atoms with Crippen LogP contribution in [0.15, 0.2) is 42.5 Å². The monoisotopic (exact) mass is 491 g/mol. The number of aryl methyl sites for hydroxylation is 1. The van der Waals surface area contributed by atoms with E-state index < -0.39 is 29.5 Å². The quantitative estimate of drug-likeness (QED) is 0.444. The van der Waals surface area contributed by atoms with Crippen molar-refractivity contribution in [2.24, 2.45) is 5.41 Å². The predicted molar refractivity (Wildman–Crippen MR) is 117 cm³/mol. The van der Waals surface area contributed by atoms with Crippen molar-refractivity contribution in [3.05, 3.63) is 70.9 Å². The SMILES string of the molecule is COc1cc(F)ccc1C(=O)N1CC2(CC(n3nc(-c4cc(F)ccc4C)cc3C(F)(F)F)C2)C1. The van der Waals surface area contributed by atoms with Crippen LogP contribution in [-0.2, 0) is 6.18 Å². The van der Waals surface area contributed by atoms with Gasteiger partial charge in [-0.25, -0.2) is 8.78 Å². The minimum atomic E-state index is -4.62. The number of benzene rings is 2. The van der Waals surface area contributed by atoms with E-state index in [0.717, 1.165) is 16.8 Å². The second kappa shape index (κ2) is 8.07. The highest BCUT2D eigenvalue weighted by Gasteiger charge is 2.56. The van der Waals surface area contributed by atoms with Gasteiger partial charge in [0.1, 0.15) is 23.1 Å². The van der Waals surface area contributed by atoms with Crippen LogP contribution in [0.2, 0.25) is 0 Å². The molecule has 1 amide bonds. The zero-order chi connectivity index (χ0) is 25.1. The van der Waals surface area contributed by atoms with Crippen LogP contribution in [0.4, 0.5) is 22.0 Å². The molecule has 0 atom stereocenters. The third-order valence-corrected chi connectivity index (χ3v) is 6.92. The third-order valence-electron chi connectivity index (χ3n) is 6.92. The second-order valence-electron chi connectivity index (χ2n) is 9.38. The summed E-state index contributed by atoms with van der Waals surface area (Å²) in [6.07, 6.45) is -3.75. The van der Waals surface area contributed by atoms with Gasteiger partial charge in [-0.2, -0.15) is 18.3 Å². The zero-order valence-corrected chi connectivity index (χ0v) is 19.0. The van der Waals surface area contributed by atoms with Crippen LogP contribution in [0.3, 0.4) is 0 Å². The van der Waals surface area contributed by atoms with E-state index in [0.29, 0.717) is 37.1 Å². The van der Waals surface area contributed by atoms with Gasteiger partial charge in [0.25, 0.3) is 5.91 Å². The topological polar surface area (TPSA) is 47.4 Å². The molecule has 0 unspecified atom stereocenters. The Hall–Kier alpha value is -3.43. The zero-order valence-electron chi connectivity index (χ0n) is 19.0. The molecule has 0 radical (unpaired) electrons. The van der Waals surface area contributed by atoms with E-state index in [1.54, 1.807) is 11.8 Å². The molecule has 1 aliphatic carbocycles. The number of hydrogen-bond donors (Lipinski definition) is 0. The molecule has 2 fully saturated rings. The lowest BCUT2D eigenvalue weighted by Crippen LogP contribution is -2.64. The minimum Gasteiger partial charge on any atom is -0.496 e. The lowest BCUT2D eigenvalue weighted by Gasteiger charge is -2.59. The summed E-state index contributed by atoms with van der Waals surface area (Å²) in [5.41, 5.74) is 0.0953. The standard InChI is InChI=1S/C25H22F5N3O2/c1-14-3-4-15(26)7-19(14)20-9-22(25(28,29)30)33(31-20)17-10-24(11-17)12-32(13-24)23(34)18-6-5-16(27)8-21(18)35-2/h3-9,17H,10-13H2,1-2H3. The molecule has 2 aromatic carbocycles. The average molecular weight is 491 g/mol. The first-order valence-electron chi connectivity index (χ1n) is 11.1. The van der Waals surface area contributed by atoms with Crippen LogP contribution >= 0.6 is 0 Å². The molecule has 10 heteroatoms. The van der Waals surface area contributed by atoms with E-state index in [9.17, 15) is 26.7 Å². The number of ether oxygens (including phenoxy) is 1. The van der Waals surface area contributed by atoms with Gasteiger partial charge in [0, 0.05) is 30.1 Å². The molecule has 2 aliphatic rings. The summed E-state index contributed by atoms with van der Waals surface area (Å²) in [7, 11) is 1.35. The summed E-state index contributed by atoms with van der Waals surface area (Å²) in [6.45, 7) is 2.47. The molecule has 0 bridgehead atoms. The van der Waals surface area contributed by atoms with Crippen LogP contribution in [0.5, 0.6) is 5.75 Å². The van der Waals surface area contributed by atoms with Gasteiger partial charge in [0.2, 0.25) is 0 Å². The Morgan fingerprint density at radius 2 is 1.71 bits per heavy atom. The van der Waals surface area contributed by atoms with Gasteiger partial charge in [0.15, 0.2) is 0 Å². The summed E-state index contributed by atoms with van der Waals surface area (Å²) in [4.78, 5) is 14.4. The normalized spacial score (nSPS) is 17.3. The summed E-state index contributed by atoms with van der Waals surface area (Å²) >= 11 is 0. The lowest BCUT2D eigenvalue weighted by atomic mass is 9.60. The van der Waals surface area contributed by atoms with Gasteiger partial charge in [-0.1, -0.05) is 6.07 Å². The Labute approximate surface area is 198 Å². The van der Waals surface area contributed by atoms with E-state index in [2.05, 4.69) is 5.10 Å². The lowest BCUT2D eigenvalue weighted by molar-refractivity contribution is -0.149. The van der Waals surface area contributed by atoms with Crippen LogP contribution in [0, 0.1) is 24.0 Å². The van der Waals surface area contributed by atoms with Crippen molar-refractivity contribution in [3.63, 3.8) is 0 Å². The van der Waals surface area contributed by atoms with Gasteiger partial charge in [-0.05, 0) is 55.7 Å². The highest BCUT2D eigenvalue weighted by Crippen LogP contribution is 2.55. The maximum absolute atomic E-state index is 13.8. The molecule has 2 heterocycles. The molecular formula is C25H22F5N3O2. The summed E-state index contributed by atoms with van der Waals surface area (Å²) in [6, 6.07) is 8.10. The summed E-state index contributed by atoms with van der Waals surface area (Å²) in [5, 5.41) is 4.22. The van der Waals surface area contributed by atoms with Crippen molar-refractivity contribution < 1.29 is 31.5 Å². The van der Waals surface area contributed by atoms with Gasteiger partial charge in [0.05, 0.1) is 24.4 Å². The van der Waals surface area contributed by atoms with Crippen LogP contribution in [-0.4, -0.2) is 40.8 Å². The maximum atomic E-state index is 13.8. The average Bonchev–Trinajstić information content (AvgIpc) is 3.18. The Bertz CT molecular complexity index is 1300. The van der Waals surface area contributed by atoms with Crippen LogP contribution in [0.25, 0.3) is 11.3 Å². The fourth-order valence-corrected chi connectivity index (χ4v) is 5.18. The van der Waals surface area contributed by atoms with Crippen molar-refractivity contribution >= 4 is 5.91 Å². The summed E-state index contributed by atoms with van der Waals surface area (Å²) in [5.74, 6) is -1.25. The van der Waals surface area contributed by atoms with E-state index in [1.807, 2.05) is 0 Å². The molecule has 35 heavy (non-hydrogen) atoms. The number of methoxy groups -OCH3 is 1. The Morgan fingerprint density at radius 3 is 2.37 bits per heavy atom. The third kappa shape index (κ3) is 4.04. The fraction of sp³-hybridized carbons (Fsp3) is 0.360. The van der Waals surface area contributed by atoms with Crippen molar-refractivity contribution in [2.45, 2.75) is 32.0 Å². The fourth-order valence-electron chi connectivity index (χ4n) is 5.18. The number of halogens is 5. The Balaban J connectivity index is 1.32. The smallest absolute Gasteiger partial charge is 0.433 e. The molecule has 0 N–H and O–H groups in total. The number of carbonyl (C=O) groups is 1. The van der Waals surface area contributed by atoms with Crippen molar-refractivity contribution in [3.8, 4) is 17.0 Å². The maximum Gasteiger partial charge on any atom is 0.433 e. The predicted octanol–water partition coefficient (Wildman–Crippen LogP) is 5.64. The van der Waals surface area contributed by atoms with Gasteiger partial charge in [-0.15, -0.1) is 0 Å². The number of hydrogen-bond acceptors (Lipinski definition) is 3. The van der Waals surface area contributed by atoms with E-state index in [1.165, 1.54) is 37.4 Å². The molecule has 1 saturated heterocycles. The number of aromatic nitrogens is 2. The number of alkyl halides is 3. The van der Waals surface area contributed by atoms with Gasteiger partial charge >= 0.3 is 6.18 Å². The molecule has 1 aliphatic heterocycles. The van der Waals surface area contributed by atoms with Crippen LogP contribution < -0.4 is 4.74 Å².